The quantitative estimate of drug-likeness (QED) is 0.191. The van der Waals surface area contributed by atoms with Crippen LogP contribution in [0.4, 0.5) is 4.79 Å². The molecule has 0 radical (unpaired) electrons. The fraction of sp³-hybridized carbons (Fsp3) is 0.312. The zero-order valence-corrected chi connectivity index (χ0v) is 24.4. The van der Waals surface area contributed by atoms with E-state index in [9.17, 15) is 14.7 Å². The minimum atomic E-state index is -1.01. The zero-order chi connectivity index (χ0) is 28.9. The Balaban J connectivity index is 1.47. The van der Waals surface area contributed by atoms with Crippen LogP contribution in [-0.4, -0.2) is 46.8 Å². The number of ether oxygens (including phenoxy) is 1. The van der Waals surface area contributed by atoms with Gasteiger partial charge >= 0.3 is 6.09 Å². The summed E-state index contributed by atoms with van der Waals surface area (Å²) in [6, 6.07) is 21.5. The molecule has 214 valence electrons. The van der Waals surface area contributed by atoms with Crippen molar-refractivity contribution in [3.05, 3.63) is 87.8 Å². The SMILES string of the molecule is COc1ccc(-c2ccc(CO)cc2)cc1CN(C(=O)c1sc2ccccc2c1Cl)C1CCC(CNC(=O)O)CC1. The van der Waals surface area contributed by atoms with Crippen LogP contribution in [0.15, 0.2) is 66.7 Å². The molecule has 1 aromatic heterocycles. The number of aliphatic hydroxyl groups is 1. The lowest BCUT2D eigenvalue weighted by Gasteiger charge is -2.37. The lowest BCUT2D eigenvalue weighted by molar-refractivity contribution is 0.0592. The molecule has 0 saturated heterocycles. The number of hydrogen-bond donors (Lipinski definition) is 3. The molecule has 1 heterocycles. The van der Waals surface area contributed by atoms with Gasteiger partial charge in [0.05, 0.1) is 18.7 Å². The number of rotatable bonds is 9. The summed E-state index contributed by atoms with van der Waals surface area (Å²) in [7, 11) is 1.63. The molecule has 0 unspecified atom stereocenters. The first-order valence-electron chi connectivity index (χ1n) is 13.7. The number of carbonyl (C=O) groups is 2. The summed E-state index contributed by atoms with van der Waals surface area (Å²) >= 11 is 8.19. The molecule has 41 heavy (non-hydrogen) atoms. The maximum atomic E-state index is 14.3. The maximum Gasteiger partial charge on any atom is 0.404 e. The number of fused-ring (bicyclic) bond motifs is 1. The smallest absolute Gasteiger partial charge is 0.404 e. The topological polar surface area (TPSA) is 99.1 Å². The van der Waals surface area contributed by atoms with E-state index in [0.29, 0.717) is 28.7 Å². The van der Waals surface area contributed by atoms with Crippen LogP contribution < -0.4 is 10.1 Å². The second-order valence-electron chi connectivity index (χ2n) is 10.4. The number of aliphatic hydroxyl groups excluding tert-OH is 1. The summed E-state index contributed by atoms with van der Waals surface area (Å²) in [6.07, 6.45) is 2.17. The monoisotopic (exact) mass is 592 g/mol. The molecule has 0 bridgehead atoms. The fourth-order valence-corrected chi connectivity index (χ4v) is 7.08. The standard InChI is InChI=1S/C32H33ClN2O5S/c1-40-27-15-12-23(22-10-6-21(19-36)7-11-22)16-24(27)18-35(25-13-8-20(9-14-25)17-34-32(38)39)31(37)30-29(33)26-4-2-3-5-28(26)41-30/h2-7,10-12,15-16,20,25,34,36H,8-9,13-14,17-19H2,1H3,(H,38,39). The highest BCUT2D eigenvalue weighted by Gasteiger charge is 2.32. The van der Waals surface area contributed by atoms with Gasteiger partial charge in [0, 0.05) is 34.8 Å². The molecule has 0 aliphatic heterocycles. The van der Waals surface area contributed by atoms with Gasteiger partial charge in [0.15, 0.2) is 0 Å². The number of amides is 2. The number of methoxy groups -OCH3 is 1. The van der Waals surface area contributed by atoms with Crippen LogP contribution in [0.25, 0.3) is 21.2 Å². The highest BCUT2D eigenvalue weighted by Crippen LogP contribution is 2.39. The third-order valence-electron chi connectivity index (χ3n) is 7.88. The first kappa shape index (κ1) is 28.9. The van der Waals surface area contributed by atoms with Crippen molar-refractivity contribution in [3.63, 3.8) is 0 Å². The minimum absolute atomic E-state index is 0.0138. The van der Waals surface area contributed by atoms with Crippen LogP contribution in [0.3, 0.4) is 0 Å². The average molecular weight is 593 g/mol. The van der Waals surface area contributed by atoms with Gasteiger partial charge in [-0.15, -0.1) is 11.3 Å². The number of nitrogens with zero attached hydrogens (tertiary/aromatic N) is 1. The minimum Gasteiger partial charge on any atom is -0.496 e. The molecule has 3 N–H and O–H groups in total. The molecule has 2 amide bonds. The van der Waals surface area contributed by atoms with Crippen molar-refractivity contribution in [3.8, 4) is 16.9 Å². The van der Waals surface area contributed by atoms with Crippen molar-refractivity contribution in [2.75, 3.05) is 13.7 Å². The number of carbonyl (C=O) groups excluding carboxylic acids is 1. The van der Waals surface area contributed by atoms with Crippen LogP contribution in [0.1, 0.15) is 46.5 Å². The Labute approximate surface area is 248 Å². The number of benzene rings is 3. The summed E-state index contributed by atoms with van der Waals surface area (Å²) < 4.78 is 6.70. The fourth-order valence-electron chi connectivity index (χ4n) is 5.61. The molecular weight excluding hydrogens is 560 g/mol. The number of nitrogens with one attached hydrogen (secondary N) is 1. The molecule has 0 atom stereocenters. The first-order chi connectivity index (χ1) is 19.9. The Morgan fingerprint density at radius 1 is 1.02 bits per heavy atom. The van der Waals surface area contributed by atoms with Crippen LogP contribution >= 0.6 is 22.9 Å². The largest absolute Gasteiger partial charge is 0.496 e. The average Bonchev–Trinajstić information content (AvgIpc) is 3.35. The first-order valence-corrected chi connectivity index (χ1v) is 14.9. The van der Waals surface area contributed by atoms with E-state index in [4.69, 9.17) is 21.4 Å². The summed E-state index contributed by atoms with van der Waals surface area (Å²) in [4.78, 5) is 27.7. The molecule has 0 spiro atoms. The Kier molecular flexibility index (Phi) is 9.12. The normalized spacial score (nSPS) is 16.9. The number of hydrogen-bond acceptors (Lipinski definition) is 5. The van der Waals surface area contributed by atoms with Crippen molar-refractivity contribution >= 4 is 45.0 Å². The lowest BCUT2D eigenvalue weighted by atomic mass is 9.85. The van der Waals surface area contributed by atoms with E-state index in [1.807, 2.05) is 65.6 Å². The van der Waals surface area contributed by atoms with E-state index >= 15 is 0 Å². The van der Waals surface area contributed by atoms with Gasteiger partial charge in [0.1, 0.15) is 10.6 Å². The molecule has 5 rings (SSSR count). The van der Waals surface area contributed by atoms with E-state index in [2.05, 4.69) is 11.4 Å². The predicted octanol–water partition coefficient (Wildman–Crippen LogP) is 7.19. The summed E-state index contributed by atoms with van der Waals surface area (Å²) in [5, 5.41) is 22.3. The van der Waals surface area contributed by atoms with Gasteiger partial charge in [0.2, 0.25) is 0 Å². The van der Waals surface area contributed by atoms with E-state index in [1.54, 1.807) is 7.11 Å². The molecule has 4 aromatic rings. The van der Waals surface area contributed by atoms with Crippen LogP contribution in [0.2, 0.25) is 5.02 Å². The highest BCUT2D eigenvalue weighted by atomic mass is 35.5. The van der Waals surface area contributed by atoms with Crippen molar-refractivity contribution in [2.24, 2.45) is 5.92 Å². The van der Waals surface area contributed by atoms with Crippen molar-refractivity contribution in [1.82, 2.24) is 10.2 Å². The van der Waals surface area contributed by atoms with Crippen LogP contribution in [-0.2, 0) is 13.2 Å². The van der Waals surface area contributed by atoms with E-state index in [0.717, 1.165) is 58.0 Å². The lowest BCUT2D eigenvalue weighted by Crippen LogP contribution is -2.43. The second kappa shape index (κ2) is 12.9. The Morgan fingerprint density at radius 2 is 1.73 bits per heavy atom. The Morgan fingerprint density at radius 3 is 2.39 bits per heavy atom. The second-order valence-corrected chi connectivity index (χ2v) is 11.8. The third kappa shape index (κ3) is 6.50. The van der Waals surface area contributed by atoms with Gasteiger partial charge < -0.3 is 25.2 Å². The van der Waals surface area contributed by atoms with Gasteiger partial charge in [-0.3, -0.25) is 4.79 Å². The summed E-state index contributed by atoms with van der Waals surface area (Å²) in [6.45, 7) is 0.751. The summed E-state index contributed by atoms with van der Waals surface area (Å²) in [5.74, 6) is 0.829. The van der Waals surface area contributed by atoms with Crippen LogP contribution in [0.5, 0.6) is 5.75 Å². The molecule has 1 fully saturated rings. The molecule has 7 nitrogen and oxygen atoms in total. The maximum absolute atomic E-state index is 14.3. The highest BCUT2D eigenvalue weighted by molar-refractivity contribution is 7.21. The predicted molar refractivity (Wildman–Crippen MR) is 163 cm³/mol. The van der Waals surface area contributed by atoms with Crippen molar-refractivity contribution in [1.29, 1.82) is 0 Å². The van der Waals surface area contributed by atoms with Gasteiger partial charge in [-0.25, -0.2) is 4.79 Å². The molecule has 1 aliphatic rings. The van der Waals surface area contributed by atoms with E-state index in [-0.39, 0.29) is 24.5 Å². The third-order valence-corrected chi connectivity index (χ3v) is 9.54. The molecule has 1 aliphatic carbocycles. The van der Waals surface area contributed by atoms with Gasteiger partial charge in [0.25, 0.3) is 5.91 Å². The molecular formula is C32H33ClN2O5S. The van der Waals surface area contributed by atoms with Gasteiger partial charge in [-0.1, -0.05) is 60.1 Å². The molecule has 1 saturated carbocycles. The van der Waals surface area contributed by atoms with E-state index in [1.165, 1.54) is 11.3 Å². The van der Waals surface area contributed by atoms with E-state index < -0.39 is 6.09 Å². The molecule has 3 aromatic carbocycles. The van der Waals surface area contributed by atoms with Crippen molar-refractivity contribution in [2.45, 2.75) is 44.9 Å². The number of halogens is 1. The number of carboxylic acid groups (broad SMARTS) is 1. The number of thiophene rings is 1. The van der Waals surface area contributed by atoms with Gasteiger partial charge in [-0.2, -0.15) is 0 Å². The summed E-state index contributed by atoms with van der Waals surface area (Å²) in [5.41, 5.74) is 3.72. The Bertz CT molecular complexity index is 1530. The van der Waals surface area contributed by atoms with Crippen LogP contribution in [0, 0.1) is 5.92 Å². The van der Waals surface area contributed by atoms with Crippen molar-refractivity contribution < 1.29 is 24.5 Å². The molecule has 9 heteroatoms. The zero-order valence-electron chi connectivity index (χ0n) is 22.8. The Hall–Kier alpha value is -3.59. The van der Waals surface area contributed by atoms with Gasteiger partial charge in [-0.05, 0) is 66.5 Å².